The number of carbonyl (C=O) groups is 1. The van der Waals surface area contributed by atoms with Gasteiger partial charge in [0.25, 0.3) is 5.91 Å². The highest BCUT2D eigenvalue weighted by Gasteiger charge is 2.40. The summed E-state index contributed by atoms with van der Waals surface area (Å²) in [6.07, 6.45) is 9.98. The second-order valence-corrected chi connectivity index (χ2v) is 9.44. The molecule has 2 saturated carbocycles. The number of nitrogens with one attached hydrogen (secondary N) is 2. The summed E-state index contributed by atoms with van der Waals surface area (Å²) in [5.74, 6) is 0.624. The molecule has 1 aliphatic heterocycles. The molecule has 180 valence electrons. The van der Waals surface area contributed by atoms with Crippen LogP contribution in [0.1, 0.15) is 67.3 Å². The van der Waals surface area contributed by atoms with Gasteiger partial charge in [0.05, 0.1) is 24.5 Å². The van der Waals surface area contributed by atoms with Crippen LogP contribution in [0.5, 0.6) is 11.5 Å². The first-order valence-electron chi connectivity index (χ1n) is 12.1. The Morgan fingerprint density at radius 2 is 1.85 bits per heavy atom. The maximum atomic E-state index is 13.9. The molecule has 1 amide bonds. The minimum Gasteiger partial charge on any atom is -0.493 e. The van der Waals surface area contributed by atoms with Crippen molar-refractivity contribution in [2.24, 2.45) is 0 Å². The van der Waals surface area contributed by atoms with Gasteiger partial charge in [0.2, 0.25) is 0 Å². The van der Waals surface area contributed by atoms with Crippen molar-refractivity contribution in [3.05, 3.63) is 65.5 Å². The van der Waals surface area contributed by atoms with Crippen molar-refractivity contribution >= 4 is 11.6 Å². The van der Waals surface area contributed by atoms with Crippen molar-refractivity contribution in [3.8, 4) is 11.5 Å². The second-order valence-electron chi connectivity index (χ2n) is 9.44. The molecule has 2 aliphatic carbocycles. The summed E-state index contributed by atoms with van der Waals surface area (Å²) in [4.78, 5) is 18.5. The van der Waals surface area contributed by atoms with Gasteiger partial charge in [-0.25, -0.2) is 4.39 Å². The van der Waals surface area contributed by atoms with Crippen LogP contribution in [0.25, 0.3) is 5.70 Å². The first-order valence-corrected chi connectivity index (χ1v) is 12.1. The third-order valence-corrected chi connectivity index (χ3v) is 7.13. The summed E-state index contributed by atoms with van der Waals surface area (Å²) in [5, 5.41) is 2.97. The molecule has 0 atom stereocenters. The normalized spacial score (nSPS) is 24.5. The molecule has 7 heteroatoms. The van der Waals surface area contributed by atoms with E-state index >= 15 is 0 Å². The van der Waals surface area contributed by atoms with Crippen LogP contribution in [0.4, 0.5) is 4.39 Å². The number of amides is 1. The van der Waals surface area contributed by atoms with Gasteiger partial charge in [0.1, 0.15) is 11.4 Å². The molecule has 6 nitrogen and oxygen atoms in total. The summed E-state index contributed by atoms with van der Waals surface area (Å²) in [6.45, 7) is 0. The monoisotopic (exact) mass is 466 g/mol. The number of hydroxylamine groups is 1. The molecule has 34 heavy (non-hydrogen) atoms. The lowest BCUT2D eigenvalue weighted by molar-refractivity contribution is -0.0595. The SMILES string of the molecule is COc1ccc(C2=CC3(CCC(NC(=O)c4ccccc4F)CC3)ON2)cc1OC1CCCC1. The molecule has 2 N–H and O–H groups in total. The van der Waals surface area contributed by atoms with Gasteiger partial charge in [-0.2, -0.15) is 0 Å². The number of carbonyl (C=O) groups excluding carboxylic acids is 1. The van der Waals surface area contributed by atoms with Crippen molar-refractivity contribution in [1.82, 2.24) is 10.8 Å². The van der Waals surface area contributed by atoms with E-state index in [0.717, 1.165) is 61.3 Å². The van der Waals surface area contributed by atoms with E-state index in [0.29, 0.717) is 0 Å². The van der Waals surface area contributed by atoms with Gasteiger partial charge in [0.15, 0.2) is 11.5 Å². The molecule has 0 unspecified atom stereocenters. The van der Waals surface area contributed by atoms with Crippen LogP contribution in [0, 0.1) is 5.82 Å². The predicted molar refractivity (Wildman–Crippen MR) is 127 cm³/mol. The van der Waals surface area contributed by atoms with Crippen molar-refractivity contribution in [2.45, 2.75) is 69.1 Å². The van der Waals surface area contributed by atoms with E-state index in [1.165, 1.54) is 25.0 Å². The van der Waals surface area contributed by atoms with E-state index in [2.05, 4.69) is 16.9 Å². The average molecular weight is 467 g/mol. The molecule has 2 aromatic rings. The van der Waals surface area contributed by atoms with Gasteiger partial charge in [0, 0.05) is 11.6 Å². The first kappa shape index (κ1) is 22.7. The Bertz CT molecular complexity index is 1070. The van der Waals surface area contributed by atoms with E-state index in [1.807, 2.05) is 18.2 Å². The summed E-state index contributed by atoms with van der Waals surface area (Å²) in [6, 6.07) is 12.0. The van der Waals surface area contributed by atoms with Crippen molar-refractivity contribution in [3.63, 3.8) is 0 Å². The molecule has 1 spiro atoms. The molecule has 0 saturated heterocycles. The van der Waals surface area contributed by atoms with Gasteiger partial charge in [-0.05, 0) is 87.8 Å². The average Bonchev–Trinajstić information content (AvgIpc) is 3.51. The van der Waals surface area contributed by atoms with Crippen LogP contribution in [0.3, 0.4) is 0 Å². The Balaban J connectivity index is 1.24. The quantitative estimate of drug-likeness (QED) is 0.617. The van der Waals surface area contributed by atoms with Gasteiger partial charge in [-0.3, -0.25) is 15.1 Å². The molecule has 0 aromatic heterocycles. The van der Waals surface area contributed by atoms with Gasteiger partial charge in [-0.15, -0.1) is 0 Å². The first-order chi connectivity index (χ1) is 16.5. The number of hydrogen-bond donors (Lipinski definition) is 2. The van der Waals surface area contributed by atoms with Crippen molar-refractivity contribution in [2.75, 3.05) is 7.11 Å². The van der Waals surface area contributed by atoms with Gasteiger partial charge in [-0.1, -0.05) is 12.1 Å². The molecule has 1 heterocycles. The van der Waals surface area contributed by atoms with Gasteiger partial charge < -0.3 is 14.8 Å². The molecule has 5 rings (SSSR count). The van der Waals surface area contributed by atoms with Crippen LogP contribution in [0.2, 0.25) is 0 Å². The van der Waals surface area contributed by atoms with Crippen LogP contribution in [-0.4, -0.2) is 30.8 Å². The molecule has 3 aliphatic rings. The second kappa shape index (κ2) is 9.66. The zero-order valence-electron chi connectivity index (χ0n) is 19.4. The van der Waals surface area contributed by atoms with Gasteiger partial charge >= 0.3 is 0 Å². The van der Waals surface area contributed by atoms with Crippen molar-refractivity contribution < 1.29 is 23.5 Å². The minimum atomic E-state index is -0.501. The highest BCUT2D eigenvalue weighted by atomic mass is 19.1. The number of methoxy groups -OCH3 is 1. The predicted octanol–water partition coefficient (Wildman–Crippen LogP) is 5.14. The fourth-order valence-electron chi connectivity index (χ4n) is 5.15. The maximum Gasteiger partial charge on any atom is 0.254 e. The van der Waals surface area contributed by atoms with E-state index in [9.17, 15) is 9.18 Å². The lowest BCUT2D eigenvalue weighted by Crippen LogP contribution is -2.43. The fourth-order valence-corrected chi connectivity index (χ4v) is 5.15. The smallest absolute Gasteiger partial charge is 0.254 e. The molecular weight excluding hydrogens is 435 g/mol. The van der Waals surface area contributed by atoms with E-state index in [-0.39, 0.29) is 23.6 Å². The molecule has 2 aromatic carbocycles. The lowest BCUT2D eigenvalue weighted by atomic mass is 9.81. The molecular formula is C27H31FN2O4. The minimum absolute atomic E-state index is 0.00816. The van der Waals surface area contributed by atoms with E-state index in [1.54, 1.807) is 19.2 Å². The van der Waals surface area contributed by atoms with Crippen LogP contribution in [-0.2, 0) is 4.84 Å². The standard InChI is InChI=1S/C27H31FN2O4/c1-32-24-11-10-18(16-25(24)33-20-6-2-3-7-20)23-17-27(34-30-23)14-12-19(13-15-27)29-26(31)21-8-4-5-9-22(21)28/h4-5,8-11,16-17,19-20,30H,2-3,6-7,12-15H2,1H3,(H,29,31). The zero-order chi connectivity index (χ0) is 23.5. The van der Waals surface area contributed by atoms with Crippen LogP contribution in [0.15, 0.2) is 48.5 Å². The number of benzene rings is 2. The van der Waals surface area contributed by atoms with Crippen molar-refractivity contribution in [1.29, 1.82) is 0 Å². The summed E-state index contributed by atoms with van der Waals surface area (Å²) in [7, 11) is 1.66. The number of halogens is 1. The number of hydrogen-bond acceptors (Lipinski definition) is 5. The maximum absolute atomic E-state index is 13.9. The summed E-state index contributed by atoms with van der Waals surface area (Å²) >= 11 is 0. The fraction of sp³-hybridized carbons (Fsp3) is 0.444. The Labute approximate surface area is 199 Å². The third kappa shape index (κ3) is 4.75. The third-order valence-electron chi connectivity index (χ3n) is 7.13. The highest BCUT2D eigenvalue weighted by Crippen LogP contribution is 2.40. The Morgan fingerprint density at radius 1 is 1.09 bits per heavy atom. The largest absolute Gasteiger partial charge is 0.493 e. The summed E-state index contributed by atoms with van der Waals surface area (Å²) in [5.41, 5.74) is 4.67. The Hall–Kier alpha value is -3.06. The molecule has 2 fully saturated rings. The molecule has 0 radical (unpaired) electrons. The summed E-state index contributed by atoms with van der Waals surface area (Å²) < 4.78 is 25.7. The Kier molecular flexibility index (Phi) is 6.46. The molecule has 0 bridgehead atoms. The number of rotatable bonds is 6. The lowest BCUT2D eigenvalue weighted by Gasteiger charge is -2.34. The van der Waals surface area contributed by atoms with E-state index < -0.39 is 11.4 Å². The Morgan fingerprint density at radius 3 is 2.59 bits per heavy atom. The van der Waals surface area contributed by atoms with Crippen LogP contribution < -0.4 is 20.3 Å². The number of ether oxygens (including phenoxy) is 2. The van der Waals surface area contributed by atoms with Crippen LogP contribution >= 0.6 is 0 Å². The van der Waals surface area contributed by atoms with E-state index in [4.69, 9.17) is 14.3 Å². The topological polar surface area (TPSA) is 68.8 Å². The zero-order valence-corrected chi connectivity index (χ0v) is 19.4. The highest BCUT2D eigenvalue weighted by molar-refractivity contribution is 5.94.